The molecule has 0 unspecified atom stereocenters. The smallest absolute Gasteiger partial charge is 0.322 e. The molecule has 0 fully saturated rings. The molecule has 7 nitrogen and oxygen atoms in total. The van der Waals surface area contributed by atoms with Crippen molar-refractivity contribution in [2.24, 2.45) is 0 Å². The third-order valence-corrected chi connectivity index (χ3v) is 2.75. The molecule has 3 N–H and O–H groups in total. The third-order valence-electron chi connectivity index (χ3n) is 1.77. The number of thiazole rings is 1. The second-order valence-corrected chi connectivity index (χ2v) is 4.08. The van der Waals surface area contributed by atoms with Crippen molar-refractivity contribution in [1.82, 2.24) is 15.2 Å². The van der Waals surface area contributed by atoms with Gasteiger partial charge >= 0.3 is 6.01 Å². The van der Waals surface area contributed by atoms with Crippen LogP contribution in [-0.4, -0.2) is 21.1 Å². The fourth-order valence-electron chi connectivity index (χ4n) is 1.13. The predicted octanol–water partition coefficient (Wildman–Crippen LogP) is 0.977. The maximum absolute atomic E-state index is 11.7. The van der Waals surface area contributed by atoms with E-state index < -0.39 is 0 Å². The van der Waals surface area contributed by atoms with Gasteiger partial charge in [0.2, 0.25) is 5.89 Å². The van der Waals surface area contributed by atoms with Gasteiger partial charge < -0.3 is 10.2 Å². The Morgan fingerprint density at radius 2 is 2.19 bits per heavy atom. The highest BCUT2D eigenvalue weighted by Gasteiger charge is 2.16. The van der Waals surface area contributed by atoms with Crippen LogP contribution < -0.4 is 11.1 Å². The SMILES string of the molecule is Cc1nnc(NC(=O)c2sc(N)nc2C)o1. The number of carbonyl (C=O) groups is 1. The van der Waals surface area contributed by atoms with Crippen LogP contribution in [0.2, 0.25) is 0 Å². The van der Waals surface area contributed by atoms with E-state index in [1.54, 1.807) is 13.8 Å². The van der Waals surface area contributed by atoms with Crippen molar-refractivity contribution in [3.05, 3.63) is 16.5 Å². The summed E-state index contributed by atoms with van der Waals surface area (Å²) in [4.78, 5) is 16.1. The van der Waals surface area contributed by atoms with Crippen LogP contribution in [0.5, 0.6) is 0 Å². The van der Waals surface area contributed by atoms with Gasteiger partial charge in [-0.1, -0.05) is 16.4 Å². The van der Waals surface area contributed by atoms with E-state index in [9.17, 15) is 4.79 Å². The van der Waals surface area contributed by atoms with Crippen LogP contribution in [0, 0.1) is 13.8 Å². The summed E-state index contributed by atoms with van der Waals surface area (Å²) >= 11 is 1.11. The molecule has 0 aromatic carbocycles. The number of amides is 1. The van der Waals surface area contributed by atoms with E-state index in [1.165, 1.54) is 0 Å². The quantitative estimate of drug-likeness (QED) is 0.808. The molecule has 0 atom stereocenters. The molecule has 2 heterocycles. The van der Waals surface area contributed by atoms with E-state index in [-0.39, 0.29) is 11.9 Å². The summed E-state index contributed by atoms with van der Waals surface area (Å²) in [5.74, 6) is 0.0335. The molecule has 2 aromatic rings. The van der Waals surface area contributed by atoms with Crippen molar-refractivity contribution in [2.45, 2.75) is 13.8 Å². The van der Waals surface area contributed by atoms with Crippen LogP contribution in [0.25, 0.3) is 0 Å². The number of nitrogens with two attached hydrogens (primary N) is 1. The number of aromatic nitrogens is 3. The maximum atomic E-state index is 11.7. The number of nitrogen functional groups attached to an aromatic ring is 1. The van der Waals surface area contributed by atoms with E-state index in [4.69, 9.17) is 10.2 Å². The topological polar surface area (TPSA) is 107 Å². The molecule has 0 saturated heterocycles. The Bertz CT molecular complexity index is 532. The van der Waals surface area contributed by atoms with Gasteiger partial charge in [-0.15, -0.1) is 5.10 Å². The standard InChI is InChI=1S/C8H9N5O2S/c1-3-5(16-7(9)10-3)6(14)11-8-13-12-4(2)15-8/h1-2H3,(H2,9,10)(H,11,13,14). The first-order valence-electron chi connectivity index (χ1n) is 4.40. The average molecular weight is 239 g/mol. The number of hydrogen-bond acceptors (Lipinski definition) is 7. The first kappa shape index (κ1) is 10.6. The molecule has 8 heteroatoms. The second kappa shape index (κ2) is 3.89. The van der Waals surface area contributed by atoms with E-state index in [0.29, 0.717) is 21.6 Å². The summed E-state index contributed by atoms with van der Waals surface area (Å²) in [6, 6.07) is 0.0638. The fourth-order valence-corrected chi connectivity index (χ4v) is 1.86. The average Bonchev–Trinajstić information content (AvgIpc) is 2.73. The van der Waals surface area contributed by atoms with Gasteiger partial charge in [0, 0.05) is 6.92 Å². The zero-order valence-electron chi connectivity index (χ0n) is 8.64. The third kappa shape index (κ3) is 2.01. The molecule has 16 heavy (non-hydrogen) atoms. The van der Waals surface area contributed by atoms with Gasteiger partial charge in [-0.25, -0.2) is 4.98 Å². The van der Waals surface area contributed by atoms with E-state index in [0.717, 1.165) is 11.3 Å². The molecule has 1 amide bonds. The predicted molar refractivity (Wildman–Crippen MR) is 58.3 cm³/mol. The van der Waals surface area contributed by atoms with Crippen LogP contribution in [0.4, 0.5) is 11.1 Å². The van der Waals surface area contributed by atoms with Crippen molar-refractivity contribution in [3.8, 4) is 0 Å². The summed E-state index contributed by atoms with van der Waals surface area (Å²) in [7, 11) is 0. The Balaban J connectivity index is 2.17. The second-order valence-electron chi connectivity index (χ2n) is 3.05. The van der Waals surface area contributed by atoms with Crippen LogP contribution >= 0.6 is 11.3 Å². The Morgan fingerprint density at radius 3 is 2.69 bits per heavy atom. The van der Waals surface area contributed by atoms with Crippen LogP contribution in [-0.2, 0) is 0 Å². The van der Waals surface area contributed by atoms with Gasteiger partial charge in [0.1, 0.15) is 4.88 Å². The number of nitrogens with one attached hydrogen (secondary N) is 1. The van der Waals surface area contributed by atoms with Gasteiger partial charge in [-0.3, -0.25) is 10.1 Å². The molecular formula is C8H9N5O2S. The summed E-state index contributed by atoms with van der Waals surface area (Å²) in [6.45, 7) is 3.35. The van der Waals surface area contributed by atoms with Gasteiger partial charge in [0.15, 0.2) is 5.13 Å². The molecule has 0 aliphatic rings. The van der Waals surface area contributed by atoms with Gasteiger partial charge in [-0.05, 0) is 6.92 Å². The summed E-state index contributed by atoms with van der Waals surface area (Å²) in [6.07, 6.45) is 0. The highest BCUT2D eigenvalue weighted by Crippen LogP contribution is 2.20. The summed E-state index contributed by atoms with van der Waals surface area (Å²) in [5, 5.41) is 10.1. The first-order chi connectivity index (χ1) is 7.56. The summed E-state index contributed by atoms with van der Waals surface area (Å²) in [5.41, 5.74) is 6.07. The molecule has 0 aliphatic carbocycles. The highest BCUT2D eigenvalue weighted by atomic mass is 32.1. The maximum Gasteiger partial charge on any atom is 0.322 e. The van der Waals surface area contributed by atoms with Crippen LogP contribution in [0.3, 0.4) is 0 Å². The lowest BCUT2D eigenvalue weighted by atomic mass is 10.4. The monoisotopic (exact) mass is 239 g/mol. The highest BCUT2D eigenvalue weighted by molar-refractivity contribution is 7.17. The number of carbonyl (C=O) groups excluding carboxylic acids is 1. The zero-order chi connectivity index (χ0) is 11.7. The molecular weight excluding hydrogens is 230 g/mol. The number of anilines is 2. The van der Waals surface area contributed by atoms with Gasteiger partial charge in [0.25, 0.3) is 5.91 Å². The molecule has 0 bridgehead atoms. The lowest BCUT2D eigenvalue weighted by molar-refractivity contribution is 0.102. The molecule has 2 rings (SSSR count). The summed E-state index contributed by atoms with van der Waals surface area (Å²) < 4.78 is 5.02. The Labute approximate surface area is 94.7 Å². The van der Waals surface area contributed by atoms with Crippen molar-refractivity contribution >= 4 is 28.4 Å². The number of hydrogen-bond donors (Lipinski definition) is 2. The lowest BCUT2D eigenvalue weighted by Gasteiger charge is -1.96. The van der Waals surface area contributed by atoms with Crippen molar-refractivity contribution < 1.29 is 9.21 Å². The van der Waals surface area contributed by atoms with Crippen molar-refractivity contribution in [1.29, 1.82) is 0 Å². The minimum Gasteiger partial charge on any atom is -0.408 e. The number of rotatable bonds is 2. The van der Waals surface area contributed by atoms with E-state index in [2.05, 4.69) is 20.5 Å². The normalized spacial score (nSPS) is 10.4. The number of nitrogens with zero attached hydrogens (tertiary/aromatic N) is 3. The molecule has 0 radical (unpaired) electrons. The van der Waals surface area contributed by atoms with Crippen molar-refractivity contribution in [2.75, 3.05) is 11.1 Å². The minimum absolute atomic E-state index is 0.0638. The minimum atomic E-state index is -0.352. The Kier molecular flexibility index (Phi) is 2.57. The molecule has 84 valence electrons. The molecule has 2 aromatic heterocycles. The largest absolute Gasteiger partial charge is 0.408 e. The van der Waals surface area contributed by atoms with Crippen LogP contribution in [0.15, 0.2) is 4.42 Å². The van der Waals surface area contributed by atoms with Gasteiger partial charge in [-0.2, -0.15) is 0 Å². The van der Waals surface area contributed by atoms with Gasteiger partial charge in [0.05, 0.1) is 5.69 Å². The first-order valence-corrected chi connectivity index (χ1v) is 5.22. The molecule has 0 saturated carbocycles. The van der Waals surface area contributed by atoms with Crippen LogP contribution in [0.1, 0.15) is 21.3 Å². The Morgan fingerprint density at radius 1 is 1.44 bits per heavy atom. The Hall–Kier alpha value is -1.96. The number of aryl methyl sites for hydroxylation is 2. The zero-order valence-corrected chi connectivity index (χ0v) is 9.46. The van der Waals surface area contributed by atoms with Crippen molar-refractivity contribution in [3.63, 3.8) is 0 Å². The van der Waals surface area contributed by atoms with E-state index in [1.807, 2.05) is 0 Å². The lowest BCUT2D eigenvalue weighted by Crippen LogP contribution is -2.11. The molecule has 0 aliphatic heterocycles. The molecule has 0 spiro atoms. The fraction of sp³-hybridized carbons (Fsp3) is 0.250. The van der Waals surface area contributed by atoms with E-state index >= 15 is 0 Å².